The minimum atomic E-state index is 0.252. The van der Waals surface area contributed by atoms with Gasteiger partial charge in [-0.3, -0.25) is 4.98 Å². The molecule has 4 aromatic rings. The summed E-state index contributed by atoms with van der Waals surface area (Å²) in [5.41, 5.74) is 10.9. The molecule has 1 saturated heterocycles. The highest BCUT2D eigenvalue weighted by molar-refractivity contribution is 5.84. The molecule has 1 aliphatic heterocycles. The van der Waals surface area contributed by atoms with Gasteiger partial charge in [0, 0.05) is 51.2 Å². The summed E-state index contributed by atoms with van der Waals surface area (Å²) in [6.07, 6.45) is 7.61. The van der Waals surface area contributed by atoms with Gasteiger partial charge in [0.05, 0.1) is 17.7 Å². The van der Waals surface area contributed by atoms with Crippen molar-refractivity contribution in [1.29, 1.82) is 0 Å². The standard InChI is InChI=1S/C24H31N9/c1-16(2)33-15-28-21-22(29-24(30-23(21)33)32-12-8-18(25)9-13-32)27-14-17-6-4-10-26-20(17)19-7-5-11-31(19)3/h4-7,10-11,15-16,18H,8-9,12-14,25H2,1-3H3,(H,27,29,30). The number of fused-ring (bicyclic) bond motifs is 1. The van der Waals surface area contributed by atoms with E-state index in [-0.39, 0.29) is 12.1 Å². The van der Waals surface area contributed by atoms with E-state index >= 15 is 0 Å². The smallest absolute Gasteiger partial charge is 0.229 e. The highest BCUT2D eigenvalue weighted by Gasteiger charge is 2.22. The molecule has 0 amide bonds. The zero-order valence-electron chi connectivity index (χ0n) is 19.4. The van der Waals surface area contributed by atoms with Gasteiger partial charge in [-0.2, -0.15) is 9.97 Å². The molecule has 0 aromatic carbocycles. The fourth-order valence-electron chi connectivity index (χ4n) is 4.35. The summed E-state index contributed by atoms with van der Waals surface area (Å²) in [5.74, 6) is 1.47. The second-order valence-corrected chi connectivity index (χ2v) is 8.98. The van der Waals surface area contributed by atoms with Crippen molar-refractivity contribution in [3.05, 3.63) is 48.5 Å². The maximum atomic E-state index is 6.12. The summed E-state index contributed by atoms with van der Waals surface area (Å²) < 4.78 is 4.18. The third kappa shape index (κ3) is 4.16. The van der Waals surface area contributed by atoms with Crippen molar-refractivity contribution in [2.75, 3.05) is 23.3 Å². The van der Waals surface area contributed by atoms with Gasteiger partial charge < -0.3 is 25.1 Å². The number of hydrogen-bond acceptors (Lipinski definition) is 7. The summed E-state index contributed by atoms with van der Waals surface area (Å²) in [6.45, 7) is 6.58. The zero-order chi connectivity index (χ0) is 22.9. The lowest BCUT2D eigenvalue weighted by Crippen LogP contribution is -2.40. The number of nitrogens with two attached hydrogens (primary N) is 1. The van der Waals surface area contributed by atoms with Crippen LogP contribution in [0.3, 0.4) is 0 Å². The molecule has 33 heavy (non-hydrogen) atoms. The Morgan fingerprint density at radius 1 is 1.12 bits per heavy atom. The molecule has 9 heteroatoms. The van der Waals surface area contributed by atoms with Crippen LogP contribution < -0.4 is 16.0 Å². The fraction of sp³-hybridized carbons (Fsp3) is 0.417. The highest BCUT2D eigenvalue weighted by Crippen LogP contribution is 2.28. The average molecular weight is 446 g/mol. The van der Waals surface area contributed by atoms with Crippen molar-refractivity contribution >= 4 is 22.9 Å². The minimum absolute atomic E-state index is 0.252. The van der Waals surface area contributed by atoms with Gasteiger partial charge in [-0.05, 0) is 50.5 Å². The Hall–Kier alpha value is -3.46. The van der Waals surface area contributed by atoms with Crippen LogP contribution in [0.5, 0.6) is 0 Å². The number of anilines is 2. The Bertz CT molecular complexity index is 1250. The van der Waals surface area contributed by atoms with Gasteiger partial charge in [-0.1, -0.05) is 6.07 Å². The van der Waals surface area contributed by atoms with E-state index in [2.05, 4.69) is 55.3 Å². The molecule has 0 unspecified atom stereocenters. The van der Waals surface area contributed by atoms with E-state index in [1.165, 1.54) is 0 Å². The Morgan fingerprint density at radius 2 is 1.94 bits per heavy atom. The molecule has 0 bridgehead atoms. The summed E-state index contributed by atoms with van der Waals surface area (Å²) in [5, 5.41) is 3.54. The van der Waals surface area contributed by atoms with Gasteiger partial charge in [0.1, 0.15) is 0 Å². The monoisotopic (exact) mass is 445 g/mol. The van der Waals surface area contributed by atoms with Crippen LogP contribution in [0.25, 0.3) is 22.6 Å². The number of aromatic nitrogens is 6. The molecule has 1 aliphatic rings. The van der Waals surface area contributed by atoms with Gasteiger partial charge in [0.2, 0.25) is 5.95 Å². The molecule has 5 heterocycles. The Kier molecular flexibility index (Phi) is 5.72. The van der Waals surface area contributed by atoms with Crippen LogP contribution in [-0.4, -0.2) is 48.2 Å². The van der Waals surface area contributed by atoms with Gasteiger partial charge in [-0.25, -0.2) is 4.98 Å². The lowest BCUT2D eigenvalue weighted by atomic mass is 10.1. The van der Waals surface area contributed by atoms with Crippen LogP contribution in [0.15, 0.2) is 43.0 Å². The van der Waals surface area contributed by atoms with Crippen LogP contribution in [0.4, 0.5) is 11.8 Å². The summed E-state index contributed by atoms with van der Waals surface area (Å²) >= 11 is 0. The van der Waals surface area contributed by atoms with Crippen LogP contribution in [0.1, 0.15) is 38.3 Å². The number of aryl methyl sites for hydroxylation is 1. The van der Waals surface area contributed by atoms with E-state index in [1.807, 2.05) is 37.9 Å². The fourth-order valence-corrected chi connectivity index (χ4v) is 4.35. The molecule has 0 saturated carbocycles. The number of imidazole rings is 1. The number of pyridine rings is 1. The third-order valence-corrected chi connectivity index (χ3v) is 6.31. The second kappa shape index (κ2) is 8.82. The molecule has 172 valence electrons. The van der Waals surface area contributed by atoms with Crippen molar-refractivity contribution in [2.45, 2.75) is 45.3 Å². The van der Waals surface area contributed by atoms with Crippen LogP contribution >= 0.6 is 0 Å². The molecule has 1 fully saturated rings. The number of hydrogen-bond donors (Lipinski definition) is 2. The third-order valence-electron chi connectivity index (χ3n) is 6.31. The predicted octanol–water partition coefficient (Wildman–Crippen LogP) is 3.35. The molecule has 9 nitrogen and oxygen atoms in total. The highest BCUT2D eigenvalue weighted by atomic mass is 15.3. The second-order valence-electron chi connectivity index (χ2n) is 8.98. The number of rotatable bonds is 6. The van der Waals surface area contributed by atoms with Crippen LogP contribution in [-0.2, 0) is 13.6 Å². The lowest BCUT2D eigenvalue weighted by molar-refractivity contribution is 0.495. The molecule has 5 rings (SSSR count). The van der Waals surface area contributed by atoms with E-state index in [0.717, 1.165) is 65.8 Å². The topological polar surface area (TPSA) is 103 Å². The minimum Gasteiger partial charge on any atom is -0.364 e. The van der Waals surface area contributed by atoms with Crippen molar-refractivity contribution < 1.29 is 0 Å². The molecule has 0 spiro atoms. The average Bonchev–Trinajstić information content (AvgIpc) is 3.44. The van der Waals surface area contributed by atoms with Crippen LogP contribution in [0, 0.1) is 0 Å². The first-order valence-electron chi connectivity index (χ1n) is 11.6. The first-order chi connectivity index (χ1) is 16.0. The van der Waals surface area contributed by atoms with E-state index in [1.54, 1.807) is 0 Å². The lowest BCUT2D eigenvalue weighted by Gasteiger charge is -2.30. The predicted molar refractivity (Wildman–Crippen MR) is 131 cm³/mol. The number of piperidine rings is 1. The Labute approximate surface area is 193 Å². The van der Waals surface area contributed by atoms with Crippen molar-refractivity contribution in [3.63, 3.8) is 0 Å². The SMILES string of the molecule is CC(C)n1cnc2c(NCc3cccnc3-c3cccn3C)nc(N3CCC(N)CC3)nc21. The van der Waals surface area contributed by atoms with E-state index < -0.39 is 0 Å². The molecule has 0 atom stereocenters. The maximum Gasteiger partial charge on any atom is 0.229 e. The molecule has 0 aliphatic carbocycles. The van der Waals surface area contributed by atoms with Gasteiger partial charge in [-0.15, -0.1) is 0 Å². The van der Waals surface area contributed by atoms with Gasteiger partial charge >= 0.3 is 0 Å². The normalized spacial score (nSPS) is 15.0. The first kappa shape index (κ1) is 21.4. The Balaban J connectivity index is 1.50. The van der Waals surface area contributed by atoms with Crippen LogP contribution in [0.2, 0.25) is 0 Å². The first-order valence-corrected chi connectivity index (χ1v) is 11.6. The van der Waals surface area contributed by atoms with Crippen molar-refractivity contribution in [1.82, 2.24) is 29.1 Å². The van der Waals surface area contributed by atoms with E-state index in [4.69, 9.17) is 15.7 Å². The largest absolute Gasteiger partial charge is 0.364 e. The maximum absolute atomic E-state index is 6.12. The van der Waals surface area contributed by atoms with E-state index in [9.17, 15) is 0 Å². The molecule has 4 aromatic heterocycles. The Morgan fingerprint density at radius 3 is 2.67 bits per heavy atom. The van der Waals surface area contributed by atoms with E-state index in [0.29, 0.717) is 6.54 Å². The van der Waals surface area contributed by atoms with Gasteiger partial charge in [0.15, 0.2) is 17.0 Å². The van der Waals surface area contributed by atoms with Crippen molar-refractivity contribution in [2.24, 2.45) is 12.8 Å². The molecule has 3 N–H and O–H groups in total. The summed E-state index contributed by atoms with van der Waals surface area (Å²) in [7, 11) is 2.03. The quantitative estimate of drug-likeness (QED) is 0.469. The molecular weight excluding hydrogens is 414 g/mol. The summed E-state index contributed by atoms with van der Waals surface area (Å²) in [4.78, 5) is 21.3. The molecule has 0 radical (unpaired) electrons. The van der Waals surface area contributed by atoms with Crippen molar-refractivity contribution in [3.8, 4) is 11.4 Å². The number of nitrogens with zero attached hydrogens (tertiary/aromatic N) is 7. The summed E-state index contributed by atoms with van der Waals surface area (Å²) in [6, 6.07) is 8.69. The number of nitrogens with one attached hydrogen (secondary N) is 1. The molecular formula is C24H31N9. The zero-order valence-corrected chi connectivity index (χ0v) is 19.4. The van der Waals surface area contributed by atoms with Gasteiger partial charge in [0.25, 0.3) is 0 Å².